The van der Waals surface area contributed by atoms with E-state index in [1.54, 1.807) is 0 Å². The van der Waals surface area contributed by atoms with Gasteiger partial charge in [-0.05, 0) is 49.9 Å². The molecule has 0 spiro atoms. The van der Waals surface area contributed by atoms with Crippen LogP contribution >= 0.6 is 0 Å². The van der Waals surface area contributed by atoms with Crippen LogP contribution in [0.2, 0.25) is 0 Å². The zero-order valence-electron chi connectivity index (χ0n) is 13.7. The molecule has 0 saturated heterocycles. The summed E-state index contributed by atoms with van der Waals surface area (Å²) in [5, 5.41) is 0. The van der Waals surface area contributed by atoms with E-state index < -0.39 is 0 Å². The minimum atomic E-state index is 0.0704. The molecule has 1 fully saturated rings. The maximum atomic E-state index is 2.49. The van der Waals surface area contributed by atoms with Crippen LogP contribution in [0.15, 0.2) is 60.7 Å². The number of rotatable bonds is 4. The third-order valence-electron chi connectivity index (χ3n) is 5.19. The number of anilines is 2. The minimum absolute atomic E-state index is 0.0704. The maximum Gasteiger partial charge on any atom is 0.112 e. The Kier molecular flexibility index (Phi) is 4.37. The molecular weight excluding hydrogens is 268 g/mol. The molecule has 0 aliphatic heterocycles. The fraction of sp³-hybridized carbons (Fsp3) is 0.400. The highest BCUT2D eigenvalue weighted by Crippen LogP contribution is 2.39. The number of hydrogen-bond donors (Lipinski definition) is 0. The molecule has 116 valence electrons. The van der Waals surface area contributed by atoms with Gasteiger partial charge in [0.05, 0.1) is 0 Å². The Hall–Kier alpha value is -1.96. The molecule has 2 aromatic rings. The van der Waals surface area contributed by atoms with Gasteiger partial charge in [-0.3, -0.25) is 0 Å². The normalized spacial score (nSPS) is 17.0. The molecule has 0 amide bonds. The molecule has 0 aromatic heterocycles. The molecule has 0 heterocycles. The predicted octanol–water partition coefficient (Wildman–Crippen LogP) is 4.92. The second-order valence-electron chi connectivity index (χ2n) is 6.33. The van der Waals surface area contributed by atoms with Crippen LogP contribution in [0, 0.1) is 0 Å². The molecule has 2 nitrogen and oxygen atoms in total. The van der Waals surface area contributed by atoms with Crippen LogP contribution < -0.4 is 9.80 Å². The first kappa shape index (κ1) is 15.0. The van der Waals surface area contributed by atoms with Crippen molar-refractivity contribution in [2.24, 2.45) is 0 Å². The zero-order chi connectivity index (χ0) is 15.4. The SMILES string of the molecule is CN(c1ccccc1)C1(N(C)c2ccccc2)CCCCC1. The Bertz CT molecular complexity index is 526. The lowest BCUT2D eigenvalue weighted by Crippen LogP contribution is -2.59. The fourth-order valence-corrected chi connectivity index (χ4v) is 3.80. The molecule has 0 radical (unpaired) electrons. The molecule has 0 bridgehead atoms. The van der Waals surface area contributed by atoms with E-state index in [1.807, 2.05) is 0 Å². The van der Waals surface area contributed by atoms with E-state index in [-0.39, 0.29) is 5.66 Å². The van der Waals surface area contributed by atoms with Crippen LogP contribution in [-0.4, -0.2) is 19.8 Å². The number of hydrogen-bond acceptors (Lipinski definition) is 2. The average Bonchev–Trinajstić information content (AvgIpc) is 2.62. The quantitative estimate of drug-likeness (QED) is 0.738. The van der Waals surface area contributed by atoms with Crippen molar-refractivity contribution < 1.29 is 0 Å². The first-order chi connectivity index (χ1) is 10.7. The largest absolute Gasteiger partial charge is 0.352 e. The lowest BCUT2D eigenvalue weighted by molar-refractivity contribution is 0.280. The van der Waals surface area contributed by atoms with Gasteiger partial charge in [-0.15, -0.1) is 0 Å². The van der Waals surface area contributed by atoms with Crippen molar-refractivity contribution in [3.05, 3.63) is 60.7 Å². The van der Waals surface area contributed by atoms with E-state index in [2.05, 4.69) is 84.6 Å². The fourth-order valence-electron chi connectivity index (χ4n) is 3.80. The van der Waals surface area contributed by atoms with Crippen molar-refractivity contribution in [3.8, 4) is 0 Å². The van der Waals surface area contributed by atoms with Crippen molar-refractivity contribution in [3.63, 3.8) is 0 Å². The van der Waals surface area contributed by atoms with Crippen LogP contribution in [0.3, 0.4) is 0 Å². The highest BCUT2D eigenvalue weighted by Gasteiger charge is 2.40. The Morgan fingerprint density at radius 3 is 1.45 bits per heavy atom. The topological polar surface area (TPSA) is 6.48 Å². The Labute approximate surface area is 134 Å². The molecule has 2 heteroatoms. The van der Waals surface area contributed by atoms with Gasteiger partial charge in [0.1, 0.15) is 5.66 Å². The van der Waals surface area contributed by atoms with Gasteiger partial charge in [0.2, 0.25) is 0 Å². The number of nitrogens with zero attached hydrogens (tertiary/aromatic N) is 2. The molecule has 0 unspecified atom stereocenters. The summed E-state index contributed by atoms with van der Waals surface area (Å²) >= 11 is 0. The lowest BCUT2D eigenvalue weighted by Gasteiger charge is -2.52. The highest BCUT2D eigenvalue weighted by atomic mass is 15.4. The van der Waals surface area contributed by atoms with Crippen LogP contribution in [0.4, 0.5) is 11.4 Å². The summed E-state index contributed by atoms with van der Waals surface area (Å²) in [4.78, 5) is 4.97. The van der Waals surface area contributed by atoms with Crippen molar-refractivity contribution >= 4 is 11.4 Å². The van der Waals surface area contributed by atoms with Gasteiger partial charge in [0.15, 0.2) is 0 Å². The highest BCUT2D eigenvalue weighted by molar-refractivity contribution is 5.55. The summed E-state index contributed by atoms with van der Waals surface area (Å²) in [7, 11) is 4.50. The van der Waals surface area contributed by atoms with E-state index in [4.69, 9.17) is 0 Å². The van der Waals surface area contributed by atoms with Gasteiger partial charge in [-0.25, -0.2) is 0 Å². The van der Waals surface area contributed by atoms with Gasteiger partial charge in [-0.2, -0.15) is 0 Å². The number of para-hydroxylation sites is 2. The van der Waals surface area contributed by atoms with Crippen LogP contribution in [0.1, 0.15) is 32.1 Å². The third kappa shape index (κ3) is 2.70. The second kappa shape index (κ2) is 6.43. The molecule has 0 N–H and O–H groups in total. The molecule has 3 rings (SSSR count). The summed E-state index contributed by atoms with van der Waals surface area (Å²) < 4.78 is 0. The van der Waals surface area contributed by atoms with Crippen LogP contribution in [0.5, 0.6) is 0 Å². The van der Waals surface area contributed by atoms with Crippen LogP contribution in [0.25, 0.3) is 0 Å². The smallest absolute Gasteiger partial charge is 0.112 e. The van der Waals surface area contributed by atoms with Crippen LogP contribution in [-0.2, 0) is 0 Å². The second-order valence-corrected chi connectivity index (χ2v) is 6.33. The summed E-state index contributed by atoms with van der Waals surface area (Å²) in [5.41, 5.74) is 2.67. The Morgan fingerprint density at radius 1 is 0.636 bits per heavy atom. The van der Waals surface area contributed by atoms with E-state index >= 15 is 0 Å². The molecule has 0 atom stereocenters. The minimum Gasteiger partial charge on any atom is -0.352 e. The molecule has 1 aliphatic carbocycles. The predicted molar refractivity (Wildman–Crippen MR) is 95.5 cm³/mol. The van der Waals surface area contributed by atoms with Gasteiger partial charge in [0, 0.05) is 25.5 Å². The summed E-state index contributed by atoms with van der Waals surface area (Å²) in [6, 6.07) is 21.6. The van der Waals surface area contributed by atoms with E-state index in [0.717, 1.165) is 0 Å². The van der Waals surface area contributed by atoms with Gasteiger partial charge < -0.3 is 9.80 Å². The van der Waals surface area contributed by atoms with Gasteiger partial charge in [-0.1, -0.05) is 42.8 Å². The van der Waals surface area contributed by atoms with E-state index in [1.165, 1.54) is 43.5 Å². The molecule has 1 aliphatic rings. The molecular formula is C20H26N2. The first-order valence-corrected chi connectivity index (χ1v) is 8.32. The summed E-state index contributed by atoms with van der Waals surface area (Å²) in [6.45, 7) is 0. The van der Waals surface area contributed by atoms with Crippen molar-refractivity contribution in [2.45, 2.75) is 37.8 Å². The monoisotopic (exact) mass is 294 g/mol. The Balaban J connectivity index is 1.98. The summed E-state index contributed by atoms with van der Waals surface area (Å²) in [6.07, 6.45) is 6.38. The maximum absolute atomic E-state index is 2.49. The van der Waals surface area contributed by atoms with Gasteiger partial charge in [0.25, 0.3) is 0 Å². The van der Waals surface area contributed by atoms with E-state index in [9.17, 15) is 0 Å². The molecule has 2 aromatic carbocycles. The summed E-state index contributed by atoms with van der Waals surface area (Å²) in [5.74, 6) is 0. The number of benzene rings is 2. The van der Waals surface area contributed by atoms with Crippen molar-refractivity contribution in [1.82, 2.24) is 0 Å². The third-order valence-corrected chi connectivity index (χ3v) is 5.19. The lowest BCUT2D eigenvalue weighted by atomic mass is 9.85. The Morgan fingerprint density at radius 2 is 1.05 bits per heavy atom. The molecule has 22 heavy (non-hydrogen) atoms. The van der Waals surface area contributed by atoms with Crippen molar-refractivity contribution in [2.75, 3.05) is 23.9 Å². The first-order valence-electron chi connectivity index (χ1n) is 8.32. The van der Waals surface area contributed by atoms with E-state index in [0.29, 0.717) is 0 Å². The molecule has 1 saturated carbocycles. The van der Waals surface area contributed by atoms with Crippen molar-refractivity contribution in [1.29, 1.82) is 0 Å². The standard InChI is InChI=1S/C20H26N2/c1-21(18-12-6-3-7-13-18)20(16-10-5-11-17-20)22(2)19-14-8-4-9-15-19/h3-4,6-9,12-15H,5,10-11,16-17H2,1-2H3. The average molecular weight is 294 g/mol. The zero-order valence-corrected chi connectivity index (χ0v) is 13.7. The van der Waals surface area contributed by atoms with Gasteiger partial charge >= 0.3 is 0 Å².